The number of nitrogens with one attached hydrogen (secondary N) is 3. The van der Waals surface area contributed by atoms with Crippen molar-refractivity contribution in [1.82, 2.24) is 10.2 Å². The van der Waals surface area contributed by atoms with Crippen molar-refractivity contribution in [3.63, 3.8) is 0 Å². The van der Waals surface area contributed by atoms with E-state index in [1.165, 1.54) is 13.0 Å². The molecular formula is C15H24N4O4S. The summed E-state index contributed by atoms with van der Waals surface area (Å²) in [4.78, 5) is 24.3. The van der Waals surface area contributed by atoms with Crippen molar-refractivity contribution in [1.29, 1.82) is 0 Å². The molecule has 3 N–H and O–H groups in total. The third-order valence-electron chi connectivity index (χ3n) is 3.15. The average molecular weight is 356 g/mol. The maximum atomic E-state index is 12.1. The van der Waals surface area contributed by atoms with Crippen LogP contribution in [-0.4, -0.2) is 50.6 Å². The number of nitrogens with zero attached hydrogens (tertiary/aromatic N) is 1. The molecule has 0 fully saturated rings. The summed E-state index contributed by atoms with van der Waals surface area (Å²) in [6.45, 7) is 6.20. The molecule has 0 saturated heterocycles. The Balaban J connectivity index is 2.58. The molecule has 3 amide bonds. The van der Waals surface area contributed by atoms with Crippen LogP contribution in [0, 0.1) is 0 Å². The van der Waals surface area contributed by atoms with E-state index in [4.69, 9.17) is 0 Å². The molecule has 9 heteroatoms. The lowest BCUT2D eigenvalue weighted by atomic mass is 10.3. The summed E-state index contributed by atoms with van der Waals surface area (Å²) in [5, 5.41) is 5.15. The van der Waals surface area contributed by atoms with Crippen LogP contribution >= 0.6 is 0 Å². The normalized spacial score (nSPS) is 10.8. The van der Waals surface area contributed by atoms with Crippen LogP contribution in [0.4, 0.5) is 16.2 Å². The van der Waals surface area contributed by atoms with Gasteiger partial charge in [-0.15, -0.1) is 0 Å². The summed E-state index contributed by atoms with van der Waals surface area (Å²) >= 11 is 0. The monoisotopic (exact) mass is 356 g/mol. The van der Waals surface area contributed by atoms with E-state index in [1.54, 1.807) is 23.1 Å². The van der Waals surface area contributed by atoms with E-state index in [1.807, 2.05) is 13.8 Å². The Morgan fingerprint density at radius 2 is 1.75 bits per heavy atom. The van der Waals surface area contributed by atoms with E-state index in [0.717, 1.165) is 0 Å². The van der Waals surface area contributed by atoms with Gasteiger partial charge in [-0.05, 0) is 32.0 Å². The first-order valence-electron chi connectivity index (χ1n) is 7.68. The summed E-state index contributed by atoms with van der Waals surface area (Å²) in [5.41, 5.74) is 0.842. The van der Waals surface area contributed by atoms with E-state index in [-0.39, 0.29) is 24.2 Å². The fourth-order valence-electron chi connectivity index (χ4n) is 2.01. The van der Waals surface area contributed by atoms with Crippen LogP contribution in [0.15, 0.2) is 24.3 Å². The molecule has 0 aliphatic heterocycles. The molecule has 0 bridgehead atoms. The summed E-state index contributed by atoms with van der Waals surface area (Å²) in [6, 6.07) is 6.10. The number of sulfonamides is 1. The molecule has 0 saturated carbocycles. The number of anilines is 2. The van der Waals surface area contributed by atoms with Gasteiger partial charge in [0.2, 0.25) is 15.9 Å². The molecule has 0 radical (unpaired) electrons. The van der Waals surface area contributed by atoms with Crippen LogP contribution in [-0.2, 0) is 14.8 Å². The Morgan fingerprint density at radius 1 is 1.12 bits per heavy atom. The summed E-state index contributed by atoms with van der Waals surface area (Å²) < 4.78 is 26.5. The average Bonchev–Trinajstić information content (AvgIpc) is 2.47. The van der Waals surface area contributed by atoms with Gasteiger partial charge in [-0.1, -0.05) is 6.07 Å². The second-order valence-electron chi connectivity index (χ2n) is 5.09. The SMILES string of the molecule is CCN(CC)C(=O)NCCS(=O)(=O)Nc1cccc(NC(C)=O)c1. The van der Waals surface area contributed by atoms with Crippen molar-refractivity contribution in [2.45, 2.75) is 20.8 Å². The van der Waals surface area contributed by atoms with Gasteiger partial charge >= 0.3 is 6.03 Å². The summed E-state index contributed by atoms with van der Waals surface area (Å²) in [6.07, 6.45) is 0. The fourth-order valence-corrected chi connectivity index (χ4v) is 2.97. The van der Waals surface area contributed by atoms with Gasteiger partial charge in [0, 0.05) is 32.2 Å². The lowest BCUT2D eigenvalue weighted by Crippen LogP contribution is -2.41. The second kappa shape index (κ2) is 9.11. The Morgan fingerprint density at radius 3 is 2.33 bits per heavy atom. The topological polar surface area (TPSA) is 108 Å². The first-order valence-corrected chi connectivity index (χ1v) is 9.33. The molecule has 1 rings (SSSR count). The van der Waals surface area contributed by atoms with Crippen LogP contribution < -0.4 is 15.4 Å². The minimum absolute atomic E-state index is 0.00997. The van der Waals surface area contributed by atoms with Gasteiger partial charge in [-0.25, -0.2) is 13.2 Å². The number of hydrogen-bond donors (Lipinski definition) is 3. The number of hydrogen-bond acceptors (Lipinski definition) is 4. The van der Waals surface area contributed by atoms with Gasteiger partial charge in [0.05, 0.1) is 11.4 Å². The highest BCUT2D eigenvalue weighted by atomic mass is 32.2. The van der Waals surface area contributed by atoms with Crippen LogP contribution in [0.2, 0.25) is 0 Å². The zero-order valence-electron chi connectivity index (χ0n) is 14.1. The van der Waals surface area contributed by atoms with Crippen molar-refractivity contribution in [2.75, 3.05) is 35.4 Å². The zero-order chi connectivity index (χ0) is 18.2. The van der Waals surface area contributed by atoms with Crippen molar-refractivity contribution in [3.8, 4) is 0 Å². The second-order valence-corrected chi connectivity index (χ2v) is 6.93. The standard InChI is InChI=1S/C15H24N4O4S/c1-4-19(5-2)15(21)16-9-10-24(22,23)18-14-8-6-7-13(11-14)17-12(3)20/h6-8,11,18H,4-5,9-10H2,1-3H3,(H,16,21)(H,17,20). The molecule has 0 atom stereocenters. The van der Waals surface area contributed by atoms with E-state index >= 15 is 0 Å². The van der Waals surface area contributed by atoms with Gasteiger partial charge in [-0.3, -0.25) is 9.52 Å². The Kier molecular flexibility index (Phi) is 7.50. The molecule has 0 heterocycles. The number of carbonyl (C=O) groups excluding carboxylic acids is 2. The number of benzene rings is 1. The molecule has 0 aliphatic carbocycles. The van der Waals surface area contributed by atoms with E-state index in [9.17, 15) is 18.0 Å². The minimum atomic E-state index is -3.61. The first-order chi connectivity index (χ1) is 11.3. The summed E-state index contributed by atoms with van der Waals surface area (Å²) in [7, 11) is -3.61. The smallest absolute Gasteiger partial charge is 0.317 e. The van der Waals surface area contributed by atoms with Crippen LogP contribution in [0.3, 0.4) is 0 Å². The first kappa shape index (κ1) is 19.8. The third kappa shape index (κ3) is 6.86. The minimum Gasteiger partial charge on any atom is -0.337 e. The number of amides is 3. The predicted molar refractivity (Wildman–Crippen MR) is 94.5 cm³/mol. The molecule has 0 aliphatic rings. The molecule has 24 heavy (non-hydrogen) atoms. The fraction of sp³-hybridized carbons (Fsp3) is 0.467. The molecule has 0 spiro atoms. The number of carbonyl (C=O) groups is 2. The molecular weight excluding hydrogens is 332 g/mol. The molecule has 134 valence electrons. The van der Waals surface area contributed by atoms with Crippen LogP contribution in [0.5, 0.6) is 0 Å². The Labute approximate surface area is 142 Å². The highest BCUT2D eigenvalue weighted by molar-refractivity contribution is 7.92. The van der Waals surface area contributed by atoms with E-state index < -0.39 is 10.0 Å². The van der Waals surface area contributed by atoms with Gasteiger partial charge in [-0.2, -0.15) is 0 Å². The predicted octanol–water partition coefficient (Wildman–Crippen LogP) is 1.44. The van der Waals surface area contributed by atoms with Gasteiger partial charge < -0.3 is 15.5 Å². The quantitative estimate of drug-likeness (QED) is 0.655. The van der Waals surface area contributed by atoms with Crippen LogP contribution in [0.1, 0.15) is 20.8 Å². The lowest BCUT2D eigenvalue weighted by Gasteiger charge is -2.19. The molecule has 1 aromatic rings. The Hall–Kier alpha value is -2.29. The van der Waals surface area contributed by atoms with E-state index in [2.05, 4.69) is 15.4 Å². The highest BCUT2D eigenvalue weighted by Crippen LogP contribution is 2.16. The highest BCUT2D eigenvalue weighted by Gasteiger charge is 2.13. The lowest BCUT2D eigenvalue weighted by molar-refractivity contribution is -0.114. The van der Waals surface area contributed by atoms with Gasteiger partial charge in [0.25, 0.3) is 0 Å². The van der Waals surface area contributed by atoms with Gasteiger partial charge in [0.1, 0.15) is 0 Å². The molecule has 1 aromatic carbocycles. The zero-order valence-corrected chi connectivity index (χ0v) is 14.9. The Bertz CT molecular complexity index is 672. The third-order valence-corrected chi connectivity index (χ3v) is 4.44. The molecule has 0 unspecified atom stereocenters. The number of urea groups is 1. The molecule has 0 aromatic heterocycles. The van der Waals surface area contributed by atoms with E-state index in [0.29, 0.717) is 24.5 Å². The maximum Gasteiger partial charge on any atom is 0.317 e. The molecule has 8 nitrogen and oxygen atoms in total. The van der Waals surface area contributed by atoms with Crippen LogP contribution in [0.25, 0.3) is 0 Å². The van der Waals surface area contributed by atoms with Crippen molar-refractivity contribution in [2.24, 2.45) is 0 Å². The maximum absolute atomic E-state index is 12.1. The summed E-state index contributed by atoms with van der Waals surface area (Å²) in [5.74, 6) is -0.487. The van der Waals surface area contributed by atoms with Gasteiger partial charge in [0.15, 0.2) is 0 Å². The van der Waals surface area contributed by atoms with Crippen molar-refractivity contribution < 1.29 is 18.0 Å². The van der Waals surface area contributed by atoms with Crippen molar-refractivity contribution in [3.05, 3.63) is 24.3 Å². The van der Waals surface area contributed by atoms with Crippen molar-refractivity contribution >= 4 is 33.3 Å². The largest absolute Gasteiger partial charge is 0.337 e. The number of rotatable bonds is 8.